The van der Waals surface area contributed by atoms with Crippen LogP contribution in [0.15, 0.2) is 41.6 Å². The van der Waals surface area contributed by atoms with E-state index in [0.717, 1.165) is 24.0 Å². The number of benzene rings is 1. The Morgan fingerprint density at radius 1 is 1.11 bits per heavy atom. The number of halogens is 3. The van der Waals surface area contributed by atoms with Gasteiger partial charge in [-0.3, -0.25) is 14.4 Å². The maximum atomic E-state index is 12.5. The number of imide groups is 3. The predicted octanol–water partition coefficient (Wildman–Crippen LogP) is 3.68. The normalized spacial score (nSPS) is 16.3. The summed E-state index contributed by atoms with van der Waals surface area (Å²) < 4.78 is 37.4. The average molecular weight is 393 g/mol. The van der Waals surface area contributed by atoms with Crippen molar-refractivity contribution in [3.8, 4) is 0 Å². The molecular weight excluding hydrogens is 383 g/mol. The second-order valence-corrected chi connectivity index (χ2v) is 6.52. The lowest BCUT2D eigenvalue weighted by Crippen LogP contribution is -2.34. The molecule has 2 heterocycles. The molecule has 1 aliphatic heterocycles. The van der Waals surface area contributed by atoms with Gasteiger partial charge in [-0.25, -0.2) is 14.9 Å². The first kappa shape index (κ1) is 18.8. The van der Waals surface area contributed by atoms with Crippen molar-refractivity contribution < 1.29 is 27.6 Å². The van der Waals surface area contributed by atoms with Crippen LogP contribution in [0.1, 0.15) is 27.3 Å². The highest BCUT2D eigenvalue weighted by Gasteiger charge is 2.40. The minimum atomic E-state index is -4.68. The number of hydrogen-bond acceptors (Lipinski definition) is 6. The fourth-order valence-corrected chi connectivity index (χ4v) is 3.00. The summed E-state index contributed by atoms with van der Waals surface area (Å²) in [6.07, 6.45) is -1.76. The van der Waals surface area contributed by atoms with E-state index in [0.29, 0.717) is 16.7 Å². The van der Waals surface area contributed by atoms with Crippen LogP contribution in [-0.4, -0.2) is 31.9 Å². The van der Waals surface area contributed by atoms with Gasteiger partial charge < -0.3 is 0 Å². The van der Waals surface area contributed by atoms with Gasteiger partial charge in [0, 0.05) is 23.5 Å². The molecule has 3 amide bonds. The van der Waals surface area contributed by atoms with Gasteiger partial charge in [-0.05, 0) is 36.9 Å². The summed E-state index contributed by atoms with van der Waals surface area (Å²) in [7, 11) is 0. The number of carbonyl (C=O) groups excluding carboxylic acids is 3. The first-order chi connectivity index (χ1) is 12.7. The molecule has 0 N–H and O–H groups in total. The van der Waals surface area contributed by atoms with Crippen LogP contribution in [0.4, 0.5) is 18.0 Å². The van der Waals surface area contributed by atoms with E-state index in [4.69, 9.17) is 0 Å². The fourth-order valence-electron chi connectivity index (χ4n) is 2.18. The minimum absolute atomic E-state index is 0.0938. The van der Waals surface area contributed by atoms with Crippen LogP contribution in [0.25, 0.3) is 6.08 Å². The molecule has 0 bridgehead atoms. The number of rotatable bonds is 2. The molecular formula is C17H10F3N3O3S. The van der Waals surface area contributed by atoms with Crippen molar-refractivity contribution in [3.63, 3.8) is 0 Å². The topological polar surface area (TPSA) is 80.2 Å². The lowest BCUT2D eigenvalue weighted by atomic mass is 10.1. The molecule has 3 rings (SSSR count). The van der Waals surface area contributed by atoms with Crippen LogP contribution in [0.2, 0.25) is 0 Å². The largest absolute Gasteiger partial charge is 0.451 e. The van der Waals surface area contributed by atoms with Crippen molar-refractivity contribution in [1.82, 2.24) is 14.9 Å². The molecule has 2 aromatic rings. The maximum Gasteiger partial charge on any atom is 0.451 e. The number of aromatic nitrogens is 2. The van der Waals surface area contributed by atoms with Crippen LogP contribution in [0.5, 0.6) is 0 Å². The molecule has 0 saturated carbocycles. The number of nitrogens with zero attached hydrogens (tertiary/aromatic N) is 3. The van der Waals surface area contributed by atoms with Gasteiger partial charge in [0.2, 0.25) is 5.82 Å². The number of amides is 3. The zero-order chi connectivity index (χ0) is 19.8. The molecule has 0 spiro atoms. The standard InChI is InChI=1S/C17H10F3N3O3S/c1-9-2-4-11(5-3-9)13(24)23-14(25)12(27-16(23)26)6-10-7-21-15(22-8-10)17(18,19)20/h2-8H,1H3/b12-6-. The lowest BCUT2D eigenvalue weighted by molar-refractivity contribution is -0.145. The Morgan fingerprint density at radius 2 is 1.70 bits per heavy atom. The van der Waals surface area contributed by atoms with Crippen LogP contribution in [-0.2, 0) is 11.0 Å². The summed E-state index contributed by atoms with van der Waals surface area (Å²) >= 11 is 0.512. The fraction of sp³-hybridized carbons (Fsp3) is 0.118. The molecule has 0 radical (unpaired) electrons. The highest BCUT2D eigenvalue weighted by atomic mass is 32.2. The predicted molar refractivity (Wildman–Crippen MR) is 90.4 cm³/mol. The average Bonchev–Trinajstić information content (AvgIpc) is 2.88. The Morgan fingerprint density at radius 3 is 2.26 bits per heavy atom. The van der Waals surface area contributed by atoms with Gasteiger partial charge >= 0.3 is 11.4 Å². The maximum absolute atomic E-state index is 12.5. The molecule has 10 heteroatoms. The number of aryl methyl sites for hydroxylation is 1. The van der Waals surface area contributed by atoms with Crippen molar-refractivity contribution in [2.45, 2.75) is 13.1 Å². The van der Waals surface area contributed by atoms with Gasteiger partial charge in [0.1, 0.15) is 0 Å². The Labute approximate surface area is 155 Å². The van der Waals surface area contributed by atoms with Crippen LogP contribution < -0.4 is 0 Å². The van der Waals surface area contributed by atoms with Crippen LogP contribution in [0.3, 0.4) is 0 Å². The van der Waals surface area contributed by atoms with E-state index in [-0.39, 0.29) is 16.0 Å². The van der Waals surface area contributed by atoms with E-state index in [9.17, 15) is 27.6 Å². The van der Waals surface area contributed by atoms with E-state index < -0.39 is 29.1 Å². The van der Waals surface area contributed by atoms with Crippen LogP contribution >= 0.6 is 11.8 Å². The molecule has 1 fully saturated rings. The van der Waals surface area contributed by atoms with Crippen molar-refractivity contribution in [2.24, 2.45) is 0 Å². The summed E-state index contributed by atoms with van der Waals surface area (Å²) in [6, 6.07) is 6.33. The third-order valence-corrected chi connectivity index (χ3v) is 4.39. The van der Waals surface area contributed by atoms with Gasteiger partial charge in [0.25, 0.3) is 11.8 Å². The Hall–Kier alpha value is -3.01. The first-order valence-corrected chi connectivity index (χ1v) is 8.26. The van der Waals surface area contributed by atoms with E-state index >= 15 is 0 Å². The second-order valence-electron chi connectivity index (χ2n) is 5.53. The molecule has 27 heavy (non-hydrogen) atoms. The van der Waals surface area contributed by atoms with E-state index in [1.54, 1.807) is 12.1 Å². The Kier molecular flexibility index (Phi) is 4.83. The lowest BCUT2D eigenvalue weighted by Gasteiger charge is -2.10. The summed E-state index contributed by atoms with van der Waals surface area (Å²) in [5, 5.41) is -0.787. The number of hydrogen-bond donors (Lipinski definition) is 0. The number of carbonyl (C=O) groups is 3. The monoisotopic (exact) mass is 393 g/mol. The van der Waals surface area contributed by atoms with Gasteiger partial charge in [-0.15, -0.1) is 0 Å². The molecule has 1 aliphatic rings. The van der Waals surface area contributed by atoms with Gasteiger partial charge in [0.05, 0.1) is 4.91 Å². The molecule has 1 aromatic heterocycles. The van der Waals surface area contributed by atoms with Gasteiger partial charge in [-0.1, -0.05) is 17.7 Å². The van der Waals surface area contributed by atoms with Crippen molar-refractivity contribution in [3.05, 3.63) is 64.1 Å². The SMILES string of the molecule is Cc1ccc(C(=O)N2C(=O)S/C(=C\c3cnc(C(F)(F)F)nc3)C2=O)cc1. The third-order valence-electron chi connectivity index (χ3n) is 3.52. The smallest absolute Gasteiger partial charge is 0.268 e. The molecule has 0 aliphatic carbocycles. The molecule has 1 saturated heterocycles. The van der Waals surface area contributed by atoms with Crippen molar-refractivity contribution in [1.29, 1.82) is 0 Å². The van der Waals surface area contributed by atoms with E-state index in [1.165, 1.54) is 12.1 Å². The summed E-state index contributed by atoms with van der Waals surface area (Å²) in [5.41, 5.74) is 1.17. The van der Waals surface area contributed by atoms with Gasteiger partial charge in [0.15, 0.2) is 0 Å². The van der Waals surface area contributed by atoms with Crippen LogP contribution in [0, 0.1) is 6.92 Å². The van der Waals surface area contributed by atoms with E-state index in [1.807, 2.05) is 6.92 Å². The highest BCUT2D eigenvalue weighted by molar-refractivity contribution is 8.18. The van der Waals surface area contributed by atoms with Gasteiger partial charge in [-0.2, -0.15) is 13.2 Å². The summed E-state index contributed by atoms with van der Waals surface area (Å²) in [4.78, 5) is 43.7. The summed E-state index contributed by atoms with van der Waals surface area (Å²) in [6.45, 7) is 1.82. The Balaban J connectivity index is 1.84. The molecule has 138 valence electrons. The van der Waals surface area contributed by atoms with E-state index in [2.05, 4.69) is 9.97 Å². The quantitative estimate of drug-likeness (QED) is 0.572. The van der Waals surface area contributed by atoms with Crippen molar-refractivity contribution in [2.75, 3.05) is 0 Å². The Bertz CT molecular complexity index is 954. The molecule has 0 unspecified atom stereocenters. The molecule has 0 atom stereocenters. The molecule has 6 nitrogen and oxygen atoms in total. The third kappa shape index (κ3) is 3.90. The minimum Gasteiger partial charge on any atom is -0.268 e. The second kappa shape index (κ2) is 6.95. The zero-order valence-electron chi connectivity index (χ0n) is 13.6. The highest BCUT2D eigenvalue weighted by Crippen LogP contribution is 2.33. The van der Waals surface area contributed by atoms with Crippen molar-refractivity contribution >= 4 is 34.9 Å². The summed E-state index contributed by atoms with van der Waals surface area (Å²) in [5.74, 6) is -2.94. The molecule has 1 aromatic carbocycles. The zero-order valence-corrected chi connectivity index (χ0v) is 14.5. The number of thioether (sulfide) groups is 1. The first-order valence-electron chi connectivity index (χ1n) is 7.45. The number of alkyl halides is 3.